The molecule has 4 nitrogen and oxygen atoms in total. The Labute approximate surface area is 90.8 Å². The van der Waals surface area contributed by atoms with Crippen LogP contribution in [-0.4, -0.2) is 27.4 Å². The number of hydrogen-bond donors (Lipinski definition) is 1. The van der Waals surface area contributed by atoms with E-state index in [0.29, 0.717) is 0 Å². The van der Waals surface area contributed by atoms with Gasteiger partial charge in [-0.25, -0.2) is 13.6 Å². The molecule has 1 atom stereocenters. The van der Waals surface area contributed by atoms with Crippen molar-refractivity contribution in [3.05, 3.63) is 29.8 Å². The lowest BCUT2D eigenvalue weighted by atomic mass is 10.1. The Bertz CT molecular complexity index is 423. The summed E-state index contributed by atoms with van der Waals surface area (Å²) in [7, 11) is 0.362. The summed E-state index contributed by atoms with van der Waals surface area (Å²) < 4.78 is 22.0. The zero-order chi connectivity index (χ0) is 11.6. The van der Waals surface area contributed by atoms with E-state index in [-0.39, 0.29) is 10.9 Å². The van der Waals surface area contributed by atoms with E-state index in [1.54, 1.807) is 12.1 Å². The van der Waals surface area contributed by atoms with Crippen LogP contribution in [0.25, 0.3) is 0 Å². The Balaban J connectivity index is 3.01. The average Bonchev–Trinajstić information content (AvgIpc) is 2.15. The van der Waals surface area contributed by atoms with E-state index in [2.05, 4.69) is 0 Å². The summed E-state index contributed by atoms with van der Waals surface area (Å²) in [6, 6.07) is 6.88. The standard InChI is InChI=1S/C10H16N2O2S/c1-8(12(2)3)9-4-6-10(7-5-9)15(11,13)14/h4-8H,1-3H3,(H2,11,13,14). The van der Waals surface area contributed by atoms with Crippen LogP contribution in [0.15, 0.2) is 29.2 Å². The monoisotopic (exact) mass is 228 g/mol. The van der Waals surface area contributed by atoms with Crippen LogP contribution in [0.5, 0.6) is 0 Å². The van der Waals surface area contributed by atoms with Crippen LogP contribution < -0.4 is 5.14 Å². The molecule has 0 spiro atoms. The second kappa shape index (κ2) is 4.30. The Kier molecular flexibility index (Phi) is 3.49. The molecule has 0 aliphatic heterocycles. The highest BCUT2D eigenvalue weighted by atomic mass is 32.2. The fraction of sp³-hybridized carbons (Fsp3) is 0.400. The molecule has 0 fully saturated rings. The number of nitrogens with zero attached hydrogens (tertiary/aromatic N) is 1. The Morgan fingerprint density at radius 3 is 2.00 bits per heavy atom. The van der Waals surface area contributed by atoms with Crippen LogP contribution >= 0.6 is 0 Å². The van der Waals surface area contributed by atoms with Crippen LogP contribution in [0.4, 0.5) is 0 Å². The molecule has 1 unspecified atom stereocenters. The highest BCUT2D eigenvalue weighted by molar-refractivity contribution is 7.89. The van der Waals surface area contributed by atoms with Gasteiger partial charge in [0.15, 0.2) is 0 Å². The summed E-state index contributed by atoms with van der Waals surface area (Å²) in [5.41, 5.74) is 1.06. The minimum atomic E-state index is -3.58. The molecule has 1 aromatic rings. The quantitative estimate of drug-likeness (QED) is 0.838. The second-order valence-corrected chi connectivity index (χ2v) is 5.32. The van der Waals surface area contributed by atoms with Crippen LogP contribution in [0, 0.1) is 0 Å². The van der Waals surface area contributed by atoms with Crippen molar-refractivity contribution in [3.63, 3.8) is 0 Å². The molecule has 0 saturated heterocycles. The summed E-state index contributed by atoms with van der Waals surface area (Å²) in [6.45, 7) is 2.05. The predicted octanol–water partition coefficient (Wildman–Crippen LogP) is 0.957. The molecular weight excluding hydrogens is 212 g/mol. The van der Waals surface area contributed by atoms with Gasteiger partial charge in [-0.15, -0.1) is 0 Å². The molecule has 15 heavy (non-hydrogen) atoms. The van der Waals surface area contributed by atoms with Gasteiger partial charge in [-0.2, -0.15) is 0 Å². The molecule has 0 radical (unpaired) electrons. The Morgan fingerprint density at radius 1 is 1.20 bits per heavy atom. The molecule has 0 aliphatic carbocycles. The minimum Gasteiger partial charge on any atom is -0.303 e. The first-order valence-corrected chi connectivity index (χ1v) is 6.16. The van der Waals surface area contributed by atoms with Gasteiger partial charge in [0.1, 0.15) is 0 Å². The summed E-state index contributed by atoms with van der Waals surface area (Å²) in [6.07, 6.45) is 0. The molecule has 0 aliphatic rings. The molecule has 0 bridgehead atoms. The summed E-state index contributed by atoms with van der Waals surface area (Å²) in [5.74, 6) is 0. The van der Waals surface area contributed by atoms with Crippen LogP contribution in [0.2, 0.25) is 0 Å². The van der Waals surface area contributed by atoms with Gasteiger partial charge in [0.05, 0.1) is 4.90 Å². The molecule has 84 valence electrons. The first-order chi connectivity index (χ1) is 6.82. The Hall–Kier alpha value is -0.910. The van der Waals surface area contributed by atoms with Gasteiger partial charge >= 0.3 is 0 Å². The lowest BCUT2D eigenvalue weighted by Gasteiger charge is -2.20. The predicted molar refractivity (Wildman–Crippen MR) is 59.9 cm³/mol. The Morgan fingerprint density at radius 2 is 1.67 bits per heavy atom. The van der Waals surface area contributed by atoms with Crippen molar-refractivity contribution in [2.24, 2.45) is 5.14 Å². The van der Waals surface area contributed by atoms with Gasteiger partial charge in [0, 0.05) is 6.04 Å². The summed E-state index contributed by atoms with van der Waals surface area (Å²) in [4.78, 5) is 2.20. The molecule has 0 heterocycles. The maximum absolute atomic E-state index is 11.0. The molecule has 5 heteroatoms. The summed E-state index contributed by atoms with van der Waals surface area (Å²) in [5, 5.41) is 5.00. The fourth-order valence-electron chi connectivity index (χ4n) is 1.23. The number of primary sulfonamides is 1. The molecule has 0 saturated carbocycles. The van der Waals surface area contributed by atoms with E-state index in [4.69, 9.17) is 5.14 Å². The fourth-order valence-corrected chi connectivity index (χ4v) is 1.75. The lowest BCUT2D eigenvalue weighted by Crippen LogP contribution is -2.17. The number of rotatable bonds is 3. The van der Waals surface area contributed by atoms with Crippen molar-refractivity contribution in [2.75, 3.05) is 14.1 Å². The van der Waals surface area contributed by atoms with Crippen molar-refractivity contribution in [2.45, 2.75) is 17.9 Å². The zero-order valence-electron chi connectivity index (χ0n) is 9.14. The van der Waals surface area contributed by atoms with E-state index < -0.39 is 10.0 Å². The van der Waals surface area contributed by atoms with E-state index >= 15 is 0 Å². The largest absolute Gasteiger partial charge is 0.303 e. The van der Waals surface area contributed by atoms with Crippen LogP contribution in [0.1, 0.15) is 18.5 Å². The summed E-state index contributed by atoms with van der Waals surface area (Å²) >= 11 is 0. The highest BCUT2D eigenvalue weighted by Crippen LogP contribution is 2.18. The highest BCUT2D eigenvalue weighted by Gasteiger charge is 2.10. The first kappa shape index (κ1) is 12.2. The van der Waals surface area contributed by atoms with Gasteiger partial charge < -0.3 is 4.90 Å². The molecule has 0 aromatic heterocycles. The van der Waals surface area contributed by atoms with Gasteiger partial charge in [0.2, 0.25) is 10.0 Å². The topological polar surface area (TPSA) is 63.4 Å². The SMILES string of the molecule is CC(c1ccc(S(N)(=O)=O)cc1)N(C)C. The smallest absolute Gasteiger partial charge is 0.238 e. The van der Waals surface area contributed by atoms with E-state index in [1.165, 1.54) is 12.1 Å². The normalized spacial score (nSPS) is 14.2. The van der Waals surface area contributed by atoms with Gasteiger partial charge in [-0.1, -0.05) is 12.1 Å². The van der Waals surface area contributed by atoms with Crippen LogP contribution in [0.3, 0.4) is 0 Å². The third-order valence-electron chi connectivity index (χ3n) is 2.47. The number of hydrogen-bond acceptors (Lipinski definition) is 3. The van der Waals surface area contributed by atoms with E-state index in [9.17, 15) is 8.42 Å². The maximum Gasteiger partial charge on any atom is 0.238 e. The average molecular weight is 228 g/mol. The third kappa shape index (κ3) is 3.02. The van der Waals surface area contributed by atoms with Gasteiger partial charge in [-0.05, 0) is 38.7 Å². The second-order valence-electron chi connectivity index (χ2n) is 3.75. The zero-order valence-corrected chi connectivity index (χ0v) is 9.95. The van der Waals surface area contributed by atoms with Crippen molar-refractivity contribution in [1.82, 2.24) is 4.90 Å². The van der Waals surface area contributed by atoms with E-state index in [0.717, 1.165) is 5.56 Å². The molecule has 1 rings (SSSR count). The van der Waals surface area contributed by atoms with Gasteiger partial charge in [0.25, 0.3) is 0 Å². The maximum atomic E-state index is 11.0. The first-order valence-electron chi connectivity index (χ1n) is 4.61. The number of benzene rings is 1. The molecule has 2 N–H and O–H groups in total. The molecule has 0 amide bonds. The van der Waals surface area contributed by atoms with Crippen molar-refractivity contribution in [1.29, 1.82) is 0 Å². The third-order valence-corrected chi connectivity index (χ3v) is 3.39. The lowest BCUT2D eigenvalue weighted by molar-refractivity contribution is 0.321. The van der Waals surface area contributed by atoms with E-state index in [1.807, 2.05) is 25.9 Å². The molecule has 1 aromatic carbocycles. The van der Waals surface area contributed by atoms with Crippen molar-refractivity contribution in [3.8, 4) is 0 Å². The minimum absolute atomic E-state index is 0.150. The number of nitrogens with two attached hydrogens (primary N) is 1. The van der Waals surface area contributed by atoms with Crippen molar-refractivity contribution >= 4 is 10.0 Å². The van der Waals surface area contributed by atoms with Crippen LogP contribution in [-0.2, 0) is 10.0 Å². The molecular formula is C10H16N2O2S. The van der Waals surface area contributed by atoms with Crippen molar-refractivity contribution < 1.29 is 8.42 Å². The van der Waals surface area contributed by atoms with Gasteiger partial charge in [-0.3, -0.25) is 0 Å². The number of sulfonamides is 1.